The Morgan fingerprint density at radius 3 is 2.64 bits per heavy atom. The maximum Gasteiger partial charge on any atom is 0.238 e. The third-order valence-electron chi connectivity index (χ3n) is 4.90. The van der Waals surface area contributed by atoms with E-state index in [0.717, 1.165) is 12.1 Å². The van der Waals surface area contributed by atoms with E-state index in [9.17, 15) is 0 Å². The van der Waals surface area contributed by atoms with E-state index in [0.29, 0.717) is 19.1 Å². The number of ether oxygens (including phenoxy) is 2. The van der Waals surface area contributed by atoms with E-state index in [-0.39, 0.29) is 0 Å². The van der Waals surface area contributed by atoms with Crippen LogP contribution in [-0.4, -0.2) is 23.3 Å². The number of hydrogen-bond donors (Lipinski definition) is 0. The maximum atomic E-state index is 6.16. The van der Waals surface area contributed by atoms with Crippen molar-refractivity contribution in [3.8, 4) is 5.88 Å². The van der Waals surface area contributed by atoms with E-state index >= 15 is 0 Å². The third kappa shape index (κ3) is 3.40. The molecule has 3 rings (SSSR count). The normalized spacial score (nSPS) is 11.2. The van der Waals surface area contributed by atoms with Gasteiger partial charge in [-0.25, -0.2) is 4.98 Å². The molecule has 2 heterocycles. The van der Waals surface area contributed by atoms with E-state index in [2.05, 4.69) is 61.5 Å². The summed E-state index contributed by atoms with van der Waals surface area (Å²) in [4.78, 5) is 4.51. The molecule has 0 unspecified atom stereocenters. The van der Waals surface area contributed by atoms with Crippen molar-refractivity contribution < 1.29 is 9.47 Å². The fourth-order valence-corrected chi connectivity index (χ4v) is 3.23. The van der Waals surface area contributed by atoms with Crippen molar-refractivity contribution in [1.82, 2.24) is 9.55 Å². The highest BCUT2D eigenvalue weighted by Crippen LogP contribution is 2.31. The number of aromatic nitrogens is 2. The van der Waals surface area contributed by atoms with Gasteiger partial charge in [0.25, 0.3) is 0 Å². The molecule has 0 aliphatic carbocycles. The molecule has 0 saturated heterocycles. The van der Waals surface area contributed by atoms with Gasteiger partial charge in [-0.1, -0.05) is 23.8 Å². The van der Waals surface area contributed by atoms with E-state index in [1.807, 2.05) is 6.20 Å². The van der Waals surface area contributed by atoms with Gasteiger partial charge in [-0.2, -0.15) is 0 Å². The summed E-state index contributed by atoms with van der Waals surface area (Å²) in [5.41, 5.74) is 7.23. The van der Waals surface area contributed by atoms with Gasteiger partial charge in [0.15, 0.2) is 0 Å². The van der Waals surface area contributed by atoms with Crippen LogP contribution in [0.2, 0.25) is 0 Å². The van der Waals surface area contributed by atoms with Gasteiger partial charge in [0.1, 0.15) is 12.1 Å². The summed E-state index contributed by atoms with van der Waals surface area (Å²) in [5.74, 6) is 0.686. The number of benzene rings is 1. The first-order chi connectivity index (χ1) is 12.0. The van der Waals surface area contributed by atoms with Crippen LogP contribution in [0, 0.1) is 27.7 Å². The second-order valence-electron chi connectivity index (χ2n) is 6.59. The Hall–Kier alpha value is -2.33. The second-order valence-corrected chi connectivity index (χ2v) is 6.59. The number of nitrogens with zero attached hydrogens (tertiary/aromatic N) is 2. The quantitative estimate of drug-likeness (QED) is 0.664. The minimum absolute atomic E-state index is 0.521. The van der Waals surface area contributed by atoms with E-state index in [1.165, 1.54) is 33.3 Å². The SMILES string of the molecule is COCCn1c(C)c(C)c2ccnc(OCc3cc(C)ccc3C)c21. The molecule has 0 amide bonds. The molecule has 0 N–H and O–H groups in total. The van der Waals surface area contributed by atoms with Crippen LogP contribution >= 0.6 is 0 Å². The molecule has 0 spiro atoms. The Morgan fingerprint density at radius 2 is 1.88 bits per heavy atom. The molecule has 25 heavy (non-hydrogen) atoms. The lowest BCUT2D eigenvalue weighted by molar-refractivity contribution is 0.187. The molecule has 0 aliphatic rings. The topological polar surface area (TPSA) is 36.3 Å². The van der Waals surface area contributed by atoms with Crippen LogP contribution in [0.3, 0.4) is 0 Å². The summed E-state index contributed by atoms with van der Waals surface area (Å²) < 4.78 is 13.7. The zero-order valence-electron chi connectivity index (χ0n) is 15.7. The van der Waals surface area contributed by atoms with E-state index < -0.39 is 0 Å². The molecule has 0 fully saturated rings. The van der Waals surface area contributed by atoms with Gasteiger partial charge in [-0.15, -0.1) is 0 Å². The molecule has 0 radical (unpaired) electrons. The average Bonchev–Trinajstić information content (AvgIpc) is 2.85. The number of pyridine rings is 1. The highest BCUT2D eigenvalue weighted by atomic mass is 16.5. The van der Waals surface area contributed by atoms with Crippen LogP contribution < -0.4 is 4.74 Å². The Morgan fingerprint density at radius 1 is 1.08 bits per heavy atom. The Kier molecular flexibility index (Phi) is 5.09. The number of hydrogen-bond acceptors (Lipinski definition) is 3. The van der Waals surface area contributed by atoms with Gasteiger partial charge in [0, 0.05) is 30.9 Å². The number of methoxy groups -OCH3 is 1. The summed E-state index contributed by atoms with van der Waals surface area (Å²) in [7, 11) is 1.73. The lowest BCUT2D eigenvalue weighted by Gasteiger charge is -2.13. The van der Waals surface area contributed by atoms with Crippen LogP contribution in [0.15, 0.2) is 30.5 Å². The minimum Gasteiger partial charge on any atom is -0.471 e. The largest absolute Gasteiger partial charge is 0.471 e. The lowest BCUT2D eigenvalue weighted by atomic mass is 10.1. The Bertz CT molecular complexity index is 897. The first-order valence-electron chi connectivity index (χ1n) is 8.65. The van der Waals surface area contributed by atoms with Gasteiger partial charge >= 0.3 is 0 Å². The average molecular weight is 338 g/mol. The number of rotatable bonds is 6. The Balaban J connectivity index is 1.98. The minimum atomic E-state index is 0.521. The molecule has 132 valence electrons. The second kappa shape index (κ2) is 7.28. The van der Waals surface area contributed by atoms with Crippen LogP contribution in [0.1, 0.15) is 27.9 Å². The summed E-state index contributed by atoms with van der Waals surface area (Å²) in [6.07, 6.45) is 1.83. The molecule has 4 nitrogen and oxygen atoms in total. The molecule has 2 aromatic heterocycles. The van der Waals surface area contributed by atoms with Crippen molar-refractivity contribution in [3.63, 3.8) is 0 Å². The summed E-state index contributed by atoms with van der Waals surface area (Å²) in [6.45, 7) is 10.5. The monoisotopic (exact) mass is 338 g/mol. The fourth-order valence-electron chi connectivity index (χ4n) is 3.23. The highest BCUT2D eigenvalue weighted by Gasteiger charge is 2.16. The molecular formula is C21H26N2O2. The fraction of sp³-hybridized carbons (Fsp3) is 0.381. The number of aryl methyl sites for hydroxylation is 3. The maximum absolute atomic E-state index is 6.16. The molecular weight excluding hydrogens is 312 g/mol. The molecule has 0 aliphatic heterocycles. The van der Waals surface area contributed by atoms with Crippen LogP contribution in [0.5, 0.6) is 5.88 Å². The highest BCUT2D eigenvalue weighted by molar-refractivity contribution is 5.88. The first kappa shape index (κ1) is 17.5. The molecule has 0 atom stereocenters. The van der Waals surface area contributed by atoms with Crippen molar-refractivity contribution in [1.29, 1.82) is 0 Å². The van der Waals surface area contributed by atoms with Gasteiger partial charge in [0.2, 0.25) is 5.88 Å². The van der Waals surface area contributed by atoms with Crippen molar-refractivity contribution in [2.24, 2.45) is 0 Å². The molecule has 3 aromatic rings. The summed E-state index contributed by atoms with van der Waals surface area (Å²) in [5, 5.41) is 1.19. The van der Waals surface area contributed by atoms with Crippen molar-refractivity contribution in [2.75, 3.05) is 13.7 Å². The van der Waals surface area contributed by atoms with Gasteiger partial charge in [0.05, 0.1) is 6.61 Å². The van der Waals surface area contributed by atoms with Crippen molar-refractivity contribution in [2.45, 2.75) is 40.8 Å². The zero-order valence-corrected chi connectivity index (χ0v) is 15.7. The van der Waals surface area contributed by atoms with Gasteiger partial charge < -0.3 is 14.0 Å². The van der Waals surface area contributed by atoms with Crippen LogP contribution in [-0.2, 0) is 17.9 Å². The Labute approximate surface area is 149 Å². The van der Waals surface area contributed by atoms with Crippen LogP contribution in [0.25, 0.3) is 10.9 Å². The summed E-state index contributed by atoms with van der Waals surface area (Å²) in [6, 6.07) is 8.50. The molecule has 1 aromatic carbocycles. The van der Waals surface area contributed by atoms with Gasteiger partial charge in [-0.3, -0.25) is 0 Å². The standard InChI is InChI=1S/C21H26N2O2/c1-14-6-7-15(2)18(12-14)13-25-21-20-19(8-9-22-21)16(3)17(4)23(20)10-11-24-5/h6-9,12H,10-11,13H2,1-5H3. The third-order valence-corrected chi connectivity index (χ3v) is 4.90. The molecule has 0 bridgehead atoms. The predicted octanol–water partition coefficient (Wildman–Crippen LogP) is 4.50. The predicted molar refractivity (Wildman–Crippen MR) is 101 cm³/mol. The molecule has 4 heteroatoms. The van der Waals surface area contributed by atoms with E-state index in [4.69, 9.17) is 9.47 Å². The van der Waals surface area contributed by atoms with Crippen molar-refractivity contribution >= 4 is 10.9 Å². The van der Waals surface area contributed by atoms with Gasteiger partial charge in [-0.05, 0) is 50.5 Å². The van der Waals surface area contributed by atoms with Crippen molar-refractivity contribution in [3.05, 3.63) is 58.4 Å². The lowest BCUT2D eigenvalue weighted by Crippen LogP contribution is -2.08. The van der Waals surface area contributed by atoms with Crippen LogP contribution in [0.4, 0.5) is 0 Å². The zero-order chi connectivity index (χ0) is 18.0. The smallest absolute Gasteiger partial charge is 0.238 e. The first-order valence-corrected chi connectivity index (χ1v) is 8.65. The number of fused-ring (bicyclic) bond motifs is 1. The molecule has 0 saturated carbocycles. The summed E-state index contributed by atoms with van der Waals surface area (Å²) >= 11 is 0. The van der Waals surface area contributed by atoms with E-state index in [1.54, 1.807) is 7.11 Å².